The zero-order valence-corrected chi connectivity index (χ0v) is 20.4. The number of carbonyl (C=O) groups is 3. The lowest BCUT2D eigenvalue weighted by atomic mass is 10.0. The molecule has 8 heteroatoms. The van der Waals surface area contributed by atoms with E-state index in [-0.39, 0.29) is 18.7 Å². The molecule has 2 rings (SSSR count). The lowest BCUT2D eigenvalue weighted by molar-refractivity contribution is -0.140. The minimum Gasteiger partial charge on any atom is -0.494 e. The molecule has 8 nitrogen and oxygen atoms in total. The van der Waals surface area contributed by atoms with Gasteiger partial charge in [-0.3, -0.25) is 14.9 Å². The summed E-state index contributed by atoms with van der Waals surface area (Å²) in [5.41, 5.74) is 8.52. The number of ether oxygens (including phenoxy) is 1. The number of unbranched alkanes of at least 4 members (excludes halogenated alkanes) is 1. The second kappa shape index (κ2) is 15.6. The molecule has 2 aromatic carbocycles. The second-order valence-electron chi connectivity index (χ2n) is 8.53. The van der Waals surface area contributed by atoms with Crippen LogP contribution in [0, 0.1) is 6.92 Å². The average Bonchev–Trinajstić information content (AvgIpc) is 2.86. The lowest BCUT2D eigenvalue weighted by Gasteiger charge is -2.23. The molecule has 1 unspecified atom stereocenters. The molecule has 190 valence electrons. The molecule has 2 atom stereocenters. The van der Waals surface area contributed by atoms with E-state index in [9.17, 15) is 19.5 Å². The molecule has 35 heavy (non-hydrogen) atoms. The van der Waals surface area contributed by atoms with Gasteiger partial charge in [-0.2, -0.15) is 0 Å². The van der Waals surface area contributed by atoms with Gasteiger partial charge < -0.3 is 25.7 Å². The van der Waals surface area contributed by atoms with Crippen LogP contribution in [0.2, 0.25) is 0 Å². The maximum Gasteiger partial charge on any atom is 0.320 e. The number of nitrogens with one attached hydrogen (secondary N) is 2. The topological polar surface area (TPSA) is 131 Å². The number of benzene rings is 2. The van der Waals surface area contributed by atoms with E-state index in [1.165, 1.54) is 0 Å². The summed E-state index contributed by atoms with van der Waals surface area (Å²) in [6.07, 6.45) is 3.72. The fourth-order valence-electron chi connectivity index (χ4n) is 3.67. The molecule has 0 aliphatic rings. The number of rotatable bonds is 17. The molecular formula is C27H37N3O5. The first kappa shape index (κ1) is 28.0. The van der Waals surface area contributed by atoms with E-state index in [0.717, 1.165) is 35.3 Å². The largest absolute Gasteiger partial charge is 0.494 e. The van der Waals surface area contributed by atoms with Crippen LogP contribution in [0.1, 0.15) is 48.8 Å². The van der Waals surface area contributed by atoms with E-state index in [1.807, 2.05) is 55.5 Å². The second-order valence-corrected chi connectivity index (χ2v) is 8.53. The Hall–Kier alpha value is -3.23. The van der Waals surface area contributed by atoms with Gasteiger partial charge in [0.05, 0.1) is 12.6 Å². The van der Waals surface area contributed by atoms with E-state index in [1.54, 1.807) is 0 Å². The standard InChI is InChI=1S/C27H37N3O5/c1-20-11-13-23(35-17-6-5-15-28)18-22(20)19-29-26(32)24(14-12-21-8-3-2-4-9-21)30-25(27(33)34)10-7-16-31/h2-4,8-9,11,13,16,18,24-25,30H,5-7,10,12,14-15,17,19,28H2,1H3,(H,29,32)(H,33,34)/t24-,25?/m0/s1. The Morgan fingerprint density at radius 3 is 2.54 bits per heavy atom. The molecule has 0 saturated carbocycles. The molecule has 2 aromatic rings. The highest BCUT2D eigenvalue weighted by Gasteiger charge is 2.26. The van der Waals surface area contributed by atoms with Crippen LogP contribution >= 0.6 is 0 Å². The van der Waals surface area contributed by atoms with Crippen LogP contribution in [0.4, 0.5) is 0 Å². The van der Waals surface area contributed by atoms with Crippen molar-refractivity contribution in [1.82, 2.24) is 10.6 Å². The first-order chi connectivity index (χ1) is 16.9. The SMILES string of the molecule is Cc1ccc(OCCCCN)cc1CNC(=O)[C@H](CCc1ccccc1)NC(CCC=O)C(=O)O. The van der Waals surface area contributed by atoms with Crippen LogP contribution in [0.5, 0.6) is 5.75 Å². The minimum absolute atomic E-state index is 0.105. The maximum atomic E-state index is 13.1. The summed E-state index contributed by atoms with van der Waals surface area (Å²) in [5.74, 6) is -0.637. The summed E-state index contributed by atoms with van der Waals surface area (Å²) in [4.78, 5) is 35.6. The molecule has 0 aromatic heterocycles. The fraction of sp³-hybridized carbons (Fsp3) is 0.444. The number of carboxylic acids is 1. The molecule has 0 bridgehead atoms. The van der Waals surface area contributed by atoms with Crippen molar-refractivity contribution in [2.24, 2.45) is 5.73 Å². The van der Waals surface area contributed by atoms with Gasteiger partial charge in [0.15, 0.2) is 0 Å². The van der Waals surface area contributed by atoms with Crippen molar-refractivity contribution < 1.29 is 24.2 Å². The van der Waals surface area contributed by atoms with Crippen LogP contribution < -0.4 is 21.1 Å². The lowest BCUT2D eigenvalue weighted by Crippen LogP contribution is -2.51. The van der Waals surface area contributed by atoms with Crippen LogP contribution in [0.15, 0.2) is 48.5 Å². The Bertz CT molecular complexity index is 936. The summed E-state index contributed by atoms with van der Waals surface area (Å²) in [5, 5.41) is 15.5. The third kappa shape index (κ3) is 10.3. The van der Waals surface area contributed by atoms with Crippen molar-refractivity contribution in [2.75, 3.05) is 13.2 Å². The average molecular weight is 484 g/mol. The van der Waals surface area contributed by atoms with Crippen molar-refractivity contribution in [3.8, 4) is 5.75 Å². The number of carboxylic acid groups (broad SMARTS) is 1. The highest BCUT2D eigenvalue weighted by Crippen LogP contribution is 2.18. The van der Waals surface area contributed by atoms with Gasteiger partial charge in [-0.05, 0) is 74.4 Å². The van der Waals surface area contributed by atoms with E-state index < -0.39 is 18.1 Å². The van der Waals surface area contributed by atoms with E-state index in [4.69, 9.17) is 10.5 Å². The zero-order chi connectivity index (χ0) is 25.5. The number of hydrogen-bond donors (Lipinski definition) is 4. The molecule has 0 saturated heterocycles. The molecule has 0 aliphatic carbocycles. The third-order valence-corrected chi connectivity index (χ3v) is 5.80. The van der Waals surface area contributed by atoms with Crippen LogP contribution in [0.3, 0.4) is 0 Å². The van der Waals surface area contributed by atoms with Gasteiger partial charge in [0.25, 0.3) is 0 Å². The zero-order valence-electron chi connectivity index (χ0n) is 20.4. The fourth-order valence-corrected chi connectivity index (χ4v) is 3.67. The van der Waals surface area contributed by atoms with Crippen LogP contribution in [-0.4, -0.2) is 48.5 Å². The van der Waals surface area contributed by atoms with Gasteiger partial charge in [-0.25, -0.2) is 0 Å². The highest BCUT2D eigenvalue weighted by molar-refractivity contribution is 5.83. The quantitative estimate of drug-likeness (QED) is 0.201. The van der Waals surface area contributed by atoms with E-state index in [0.29, 0.717) is 38.8 Å². The predicted octanol–water partition coefficient (Wildman–Crippen LogP) is 2.75. The van der Waals surface area contributed by atoms with Crippen molar-refractivity contribution in [3.05, 3.63) is 65.2 Å². The monoisotopic (exact) mass is 483 g/mol. The molecule has 1 amide bonds. The number of nitrogens with two attached hydrogens (primary N) is 1. The summed E-state index contributed by atoms with van der Waals surface area (Å²) in [6, 6.07) is 13.8. The smallest absolute Gasteiger partial charge is 0.320 e. The Labute approximate surface area is 207 Å². The third-order valence-electron chi connectivity index (χ3n) is 5.80. The van der Waals surface area contributed by atoms with Crippen molar-refractivity contribution in [1.29, 1.82) is 0 Å². The van der Waals surface area contributed by atoms with Gasteiger partial charge in [0, 0.05) is 13.0 Å². The molecule has 0 radical (unpaired) electrons. The van der Waals surface area contributed by atoms with Crippen molar-refractivity contribution in [3.63, 3.8) is 0 Å². The van der Waals surface area contributed by atoms with Crippen molar-refractivity contribution >= 4 is 18.2 Å². The van der Waals surface area contributed by atoms with Crippen LogP contribution in [-0.2, 0) is 27.3 Å². The van der Waals surface area contributed by atoms with E-state index >= 15 is 0 Å². The van der Waals surface area contributed by atoms with Gasteiger partial charge >= 0.3 is 5.97 Å². The van der Waals surface area contributed by atoms with Crippen molar-refractivity contribution in [2.45, 2.75) is 64.1 Å². The summed E-state index contributed by atoms with van der Waals surface area (Å²) >= 11 is 0. The molecule has 0 heterocycles. The Morgan fingerprint density at radius 1 is 1.09 bits per heavy atom. The predicted molar refractivity (Wildman–Crippen MR) is 135 cm³/mol. The first-order valence-corrected chi connectivity index (χ1v) is 12.1. The number of amides is 1. The molecule has 0 spiro atoms. The first-order valence-electron chi connectivity index (χ1n) is 12.1. The van der Waals surface area contributed by atoms with E-state index in [2.05, 4.69) is 10.6 Å². The molecule has 0 aliphatic heterocycles. The number of aryl methyl sites for hydroxylation is 2. The number of carbonyl (C=O) groups excluding carboxylic acids is 2. The normalized spacial score (nSPS) is 12.5. The number of hydrogen-bond acceptors (Lipinski definition) is 6. The van der Waals surface area contributed by atoms with Crippen LogP contribution in [0.25, 0.3) is 0 Å². The molecule has 5 N–H and O–H groups in total. The number of aliphatic carboxylic acids is 1. The molecular weight excluding hydrogens is 446 g/mol. The summed E-state index contributed by atoms with van der Waals surface area (Å²) in [7, 11) is 0. The Balaban J connectivity index is 2.06. The minimum atomic E-state index is -1.08. The molecule has 0 fully saturated rings. The maximum absolute atomic E-state index is 13.1. The van der Waals surface area contributed by atoms with Gasteiger partial charge in [-0.15, -0.1) is 0 Å². The summed E-state index contributed by atoms with van der Waals surface area (Å²) < 4.78 is 5.79. The van der Waals surface area contributed by atoms with Gasteiger partial charge in [0.2, 0.25) is 5.91 Å². The highest BCUT2D eigenvalue weighted by atomic mass is 16.5. The van der Waals surface area contributed by atoms with Gasteiger partial charge in [-0.1, -0.05) is 36.4 Å². The Morgan fingerprint density at radius 2 is 1.86 bits per heavy atom. The summed E-state index contributed by atoms with van der Waals surface area (Å²) in [6.45, 7) is 3.46. The number of aldehydes is 1. The Kier molecular flexibility index (Phi) is 12.5. The van der Waals surface area contributed by atoms with Gasteiger partial charge in [0.1, 0.15) is 18.1 Å².